The smallest absolute Gasteiger partial charge is 0.310 e. The van der Waals surface area contributed by atoms with E-state index >= 15 is 0 Å². The highest BCUT2D eigenvalue weighted by Crippen LogP contribution is 2.25. The maximum Gasteiger partial charge on any atom is 0.310 e. The summed E-state index contributed by atoms with van der Waals surface area (Å²) in [5.41, 5.74) is 0.706. The average Bonchev–Trinajstić information content (AvgIpc) is 2.16. The second-order valence-corrected chi connectivity index (χ2v) is 2.80. The Morgan fingerprint density at radius 1 is 1.46 bits per heavy atom. The minimum absolute atomic E-state index is 0.531. The fourth-order valence-corrected chi connectivity index (χ4v) is 1.16. The zero-order valence-corrected chi connectivity index (χ0v) is 7.65. The molecule has 70 valence electrons. The van der Waals surface area contributed by atoms with Gasteiger partial charge in [-0.1, -0.05) is 18.2 Å². The van der Waals surface area contributed by atoms with Crippen LogP contribution >= 0.6 is 0 Å². The fourth-order valence-electron chi connectivity index (χ4n) is 1.16. The molecule has 0 heterocycles. The summed E-state index contributed by atoms with van der Waals surface area (Å²) in [6.45, 7) is 1.64. The molecule has 1 aromatic rings. The van der Waals surface area contributed by atoms with Crippen molar-refractivity contribution in [1.82, 2.24) is 0 Å². The number of ether oxygens (including phenoxy) is 1. The van der Waals surface area contributed by atoms with Crippen LogP contribution in [0.15, 0.2) is 24.3 Å². The first-order valence-corrected chi connectivity index (χ1v) is 4.02. The van der Waals surface area contributed by atoms with Crippen molar-refractivity contribution in [3.8, 4) is 5.75 Å². The summed E-state index contributed by atoms with van der Waals surface area (Å²) in [5, 5.41) is 8.80. The lowest BCUT2D eigenvalue weighted by Gasteiger charge is -2.10. The maximum atomic E-state index is 10.7. The molecule has 0 spiro atoms. The standard InChI is InChI=1S/C10H12O3/c1-7(10(11)12)8-5-3-4-6-9(8)13-2/h3-7H,1-2H3,(H,11,12)/t7-/m1/s1. The quantitative estimate of drug-likeness (QED) is 0.772. The first-order chi connectivity index (χ1) is 6.16. The minimum atomic E-state index is -0.843. The predicted molar refractivity (Wildman–Crippen MR) is 49.0 cm³/mol. The van der Waals surface area contributed by atoms with E-state index in [2.05, 4.69) is 0 Å². The molecule has 1 N–H and O–H groups in total. The van der Waals surface area contributed by atoms with Gasteiger partial charge in [-0.15, -0.1) is 0 Å². The van der Waals surface area contributed by atoms with Gasteiger partial charge in [0.15, 0.2) is 0 Å². The van der Waals surface area contributed by atoms with Crippen LogP contribution < -0.4 is 4.74 Å². The second kappa shape index (κ2) is 3.94. The summed E-state index contributed by atoms with van der Waals surface area (Å²) in [6.07, 6.45) is 0. The van der Waals surface area contributed by atoms with Gasteiger partial charge in [-0.05, 0) is 13.0 Å². The highest BCUT2D eigenvalue weighted by atomic mass is 16.5. The molecule has 0 unspecified atom stereocenters. The molecule has 1 rings (SSSR count). The molecule has 0 saturated carbocycles. The number of carbonyl (C=O) groups is 1. The zero-order chi connectivity index (χ0) is 9.84. The van der Waals surface area contributed by atoms with E-state index in [0.717, 1.165) is 0 Å². The Hall–Kier alpha value is -1.51. The Morgan fingerprint density at radius 2 is 2.08 bits per heavy atom. The van der Waals surface area contributed by atoms with Crippen molar-refractivity contribution in [3.05, 3.63) is 29.8 Å². The molecule has 3 heteroatoms. The summed E-state index contributed by atoms with van der Waals surface area (Å²) in [7, 11) is 1.54. The largest absolute Gasteiger partial charge is 0.496 e. The number of hydrogen-bond acceptors (Lipinski definition) is 2. The number of hydrogen-bond donors (Lipinski definition) is 1. The van der Waals surface area contributed by atoms with Gasteiger partial charge in [-0.2, -0.15) is 0 Å². The molecular formula is C10H12O3. The van der Waals surface area contributed by atoms with Crippen LogP contribution in [0.3, 0.4) is 0 Å². The lowest BCUT2D eigenvalue weighted by molar-refractivity contribution is -0.138. The van der Waals surface area contributed by atoms with Crippen LogP contribution in [0.2, 0.25) is 0 Å². The Bertz CT molecular complexity index is 307. The number of carboxylic acid groups (broad SMARTS) is 1. The van der Waals surface area contributed by atoms with Crippen LogP contribution in [0, 0.1) is 0 Å². The van der Waals surface area contributed by atoms with Gasteiger partial charge in [0.2, 0.25) is 0 Å². The fraction of sp³-hybridized carbons (Fsp3) is 0.300. The van der Waals surface area contributed by atoms with Gasteiger partial charge in [0.25, 0.3) is 0 Å². The third kappa shape index (κ3) is 1.99. The van der Waals surface area contributed by atoms with Gasteiger partial charge in [-0.25, -0.2) is 0 Å². The Kier molecular flexibility index (Phi) is 2.90. The number of para-hydroxylation sites is 1. The lowest BCUT2D eigenvalue weighted by Crippen LogP contribution is -2.08. The molecule has 0 aliphatic carbocycles. The number of aliphatic carboxylic acids is 1. The molecule has 0 fully saturated rings. The average molecular weight is 180 g/mol. The van der Waals surface area contributed by atoms with E-state index in [9.17, 15) is 4.79 Å². The van der Waals surface area contributed by atoms with Crippen molar-refractivity contribution in [2.24, 2.45) is 0 Å². The van der Waals surface area contributed by atoms with E-state index in [4.69, 9.17) is 9.84 Å². The molecule has 13 heavy (non-hydrogen) atoms. The first-order valence-electron chi connectivity index (χ1n) is 4.02. The van der Waals surface area contributed by atoms with E-state index in [1.54, 1.807) is 25.1 Å². The van der Waals surface area contributed by atoms with Gasteiger partial charge in [0.1, 0.15) is 5.75 Å². The molecule has 0 aliphatic rings. The summed E-state index contributed by atoms with van der Waals surface area (Å²) >= 11 is 0. The van der Waals surface area contributed by atoms with Crippen LogP contribution in [-0.2, 0) is 4.79 Å². The normalized spacial score (nSPS) is 12.2. The Morgan fingerprint density at radius 3 is 2.62 bits per heavy atom. The van der Waals surface area contributed by atoms with Gasteiger partial charge >= 0.3 is 5.97 Å². The van der Waals surface area contributed by atoms with Gasteiger partial charge in [0, 0.05) is 5.56 Å². The summed E-state index contributed by atoms with van der Waals surface area (Å²) in [6, 6.07) is 7.14. The van der Waals surface area contributed by atoms with E-state index in [1.165, 1.54) is 7.11 Å². The van der Waals surface area contributed by atoms with Crippen molar-refractivity contribution in [2.45, 2.75) is 12.8 Å². The zero-order valence-electron chi connectivity index (χ0n) is 7.65. The van der Waals surface area contributed by atoms with E-state index in [0.29, 0.717) is 11.3 Å². The Balaban J connectivity index is 3.05. The molecule has 0 radical (unpaired) electrons. The summed E-state index contributed by atoms with van der Waals surface area (Å²) in [5.74, 6) is -0.752. The molecule has 0 amide bonds. The number of rotatable bonds is 3. The number of methoxy groups -OCH3 is 1. The van der Waals surface area contributed by atoms with Crippen molar-refractivity contribution >= 4 is 5.97 Å². The molecule has 0 bridgehead atoms. The SMILES string of the molecule is COc1ccccc1[C@@H](C)C(=O)O. The molecule has 3 nitrogen and oxygen atoms in total. The molecule has 0 saturated heterocycles. The van der Waals surface area contributed by atoms with Crippen LogP contribution in [0.1, 0.15) is 18.4 Å². The first kappa shape index (κ1) is 9.58. The van der Waals surface area contributed by atoms with Gasteiger partial charge in [0.05, 0.1) is 13.0 Å². The van der Waals surface area contributed by atoms with Gasteiger partial charge in [-0.3, -0.25) is 4.79 Å². The summed E-state index contributed by atoms with van der Waals surface area (Å²) in [4.78, 5) is 10.7. The molecular weight excluding hydrogens is 168 g/mol. The van der Waals surface area contributed by atoms with Crippen LogP contribution in [0.5, 0.6) is 5.75 Å². The van der Waals surface area contributed by atoms with Crippen molar-refractivity contribution in [1.29, 1.82) is 0 Å². The highest BCUT2D eigenvalue weighted by molar-refractivity contribution is 5.76. The molecule has 0 aliphatic heterocycles. The summed E-state index contributed by atoms with van der Waals surface area (Å²) < 4.78 is 5.05. The Labute approximate surface area is 77.0 Å². The highest BCUT2D eigenvalue weighted by Gasteiger charge is 2.16. The topological polar surface area (TPSA) is 46.5 Å². The van der Waals surface area contributed by atoms with Crippen molar-refractivity contribution < 1.29 is 14.6 Å². The third-order valence-electron chi connectivity index (χ3n) is 1.98. The molecule has 0 aromatic heterocycles. The van der Waals surface area contributed by atoms with Crippen LogP contribution in [0.4, 0.5) is 0 Å². The maximum absolute atomic E-state index is 10.7. The van der Waals surface area contributed by atoms with E-state index < -0.39 is 11.9 Å². The predicted octanol–water partition coefficient (Wildman–Crippen LogP) is 1.88. The van der Waals surface area contributed by atoms with E-state index in [-0.39, 0.29) is 0 Å². The minimum Gasteiger partial charge on any atom is -0.496 e. The number of benzene rings is 1. The van der Waals surface area contributed by atoms with Gasteiger partial charge < -0.3 is 9.84 Å². The van der Waals surface area contributed by atoms with E-state index in [1.807, 2.05) is 6.07 Å². The number of carboxylic acids is 1. The third-order valence-corrected chi connectivity index (χ3v) is 1.98. The lowest BCUT2D eigenvalue weighted by atomic mass is 10.0. The van der Waals surface area contributed by atoms with Crippen molar-refractivity contribution in [3.63, 3.8) is 0 Å². The monoisotopic (exact) mass is 180 g/mol. The molecule has 1 aromatic carbocycles. The van der Waals surface area contributed by atoms with Crippen LogP contribution in [0.25, 0.3) is 0 Å². The van der Waals surface area contributed by atoms with Crippen LogP contribution in [-0.4, -0.2) is 18.2 Å². The van der Waals surface area contributed by atoms with Crippen molar-refractivity contribution in [2.75, 3.05) is 7.11 Å². The molecule has 1 atom stereocenters. The second-order valence-electron chi connectivity index (χ2n) is 2.80.